The van der Waals surface area contributed by atoms with Gasteiger partial charge in [0.05, 0.1) is 0 Å². The van der Waals surface area contributed by atoms with Crippen LogP contribution in [0.15, 0.2) is 6.20 Å². The second kappa shape index (κ2) is 5.68. The molecule has 0 fully saturated rings. The lowest BCUT2D eigenvalue weighted by atomic mass is 10.2. The Morgan fingerprint density at radius 3 is 2.69 bits per heavy atom. The zero-order valence-electron chi connectivity index (χ0n) is 10.9. The molecule has 16 heavy (non-hydrogen) atoms. The maximum Gasteiger partial charge on any atom is 0.224 e. The molecule has 0 spiro atoms. The van der Waals surface area contributed by atoms with E-state index in [0.29, 0.717) is 11.9 Å². The number of aromatic nitrogens is 2. The molecule has 0 amide bonds. The molecule has 0 aliphatic heterocycles. The molecule has 0 bridgehead atoms. The summed E-state index contributed by atoms with van der Waals surface area (Å²) in [5, 5.41) is 3.13. The van der Waals surface area contributed by atoms with E-state index in [1.165, 1.54) is 0 Å². The van der Waals surface area contributed by atoms with Crippen molar-refractivity contribution in [1.29, 1.82) is 0 Å². The van der Waals surface area contributed by atoms with Gasteiger partial charge in [0, 0.05) is 31.9 Å². The van der Waals surface area contributed by atoms with Crippen molar-refractivity contribution >= 4 is 11.8 Å². The summed E-state index contributed by atoms with van der Waals surface area (Å²) >= 11 is 0. The first kappa shape index (κ1) is 12.7. The average molecular weight is 222 g/mol. The Labute approximate surface area is 98.1 Å². The van der Waals surface area contributed by atoms with Crippen LogP contribution in [-0.4, -0.2) is 30.1 Å². The Morgan fingerprint density at radius 2 is 2.12 bits per heavy atom. The van der Waals surface area contributed by atoms with Gasteiger partial charge in [0.15, 0.2) is 0 Å². The van der Waals surface area contributed by atoms with Crippen molar-refractivity contribution < 1.29 is 0 Å². The average Bonchev–Trinajstić information content (AvgIpc) is 2.20. The molecule has 0 saturated carbocycles. The number of nitrogens with one attached hydrogen (secondary N) is 1. The van der Waals surface area contributed by atoms with Crippen molar-refractivity contribution in [2.24, 2.45) is 5.92 Å². The Morgan fingerprint density at radius 1 is 1.44 bits per heavy atom. The van der Waals surface area contributed by atoms with Crippen molar-refractivity contribution in [2.75, 3.05) is 30.4 Å². The summed E-state index contributed by atoms with van der Waals surface area (Å²) in [4.78, 5) is 10.9. The minimum Gasteiger partial charge on any atom is -0.359 e. The molecule has 0 atom stereocenters. The third-order valence-electron chi connectivity index (χ3n) is 2.28. The fourth-order valence-electron chi connectivity index (χ4n) is 1.70. The van der Waals surface area contributed by atoms with Crippen LogP contribution in [0.3, 0.4) is 0 Å². The predicted molar refractivity (Wildman–Crippen MR) is 69.0 cm³/mol. The van der Waals surface area contributed by atoms with E-state index in [-0.39, 0.29) is 0 Å². The Kier molecular flexibility index (Phi) is 4.52. The van der Waals surface area contributed by atoms with Crippen LogP contribution in [0.1, 0.15) is 26.3 Å². The quantitative estimate of drug-likeness (QED) is 0.830. The van der Waals surface area contributed by atoms with Gasteiger partial charge in [-0.1, -0.05) is 13.8 Å². The van der Waals surface area contributed by atoms with Crippen molar-refractivity contribution in [1.82, 2.24) is 9.97 Å². The summed E-state index contributed by atoms with van der Waals surface area (Å²) < 4.78 is 0. The monoisotopic (exact) mass is 222 g/mol. The van der Waals surface area contributed by atoms with Crippen molar-refractivity contribution in [3.8, 4) is 0 Å². The van der Waals surface area contributed by atoms with E-state index in [1.54, 1.807) is 0 Å². The number of nitrogens with zero attached hydrogens (tertiary/aromatic N) is 3. The van der Waals surface area contributed by atoms with Crippen LogP contribution in [0.4, 0.5) is 11.8 Å². The maximum atomic E-state index is 4.52. The van der Waals surface area contributed by atoms with Gasteiger partial charge in [-0.15, -0.1) is 0 Å². The largest absolute Gasteiger partial charge is 0.359 e. The molecule has 1 rings (SSSR count). The van der Waals surface area contributed by atoms with E-state index in [1.807, 2.05) is 20.0 Å². The second-order valence-electron chi connectivity index (χ2n) is 4.50. The molecule has 1 aromatic heterocycles. The molecule has 1 N–H and O–H groups in total. The molecular formula is C12H22N4. The zero-order valence-corrected chi connectivity index (χ0v) is 10.9. The zero-order chi connectivity index (χ0) is 12.1. The molecule has 1 heterocycles. The highest BCUT2D eigenvalue weighted by molar-refractivity contribution is 5.48. The molecule has 0 radical (unpaired) electrons. The van der Waals surface area contributed by atoms with E-state index in [4.69, 9.17) is 0 Å². The molecule has 4 heteroatoms. The normalized spacial score (nSPS) is 10.6. The lowest BCUT2D eigenvalue weighted by Gasteiger charge is -2.22. The van der Waals surface area contributed by atoms with E-state index >= 15 is 0 Å². The topological polar surface area (TPSA) is 41.1 Å². The number of aryl methyl sites for hydroxylation is 1. The Hall–Kier alpha value is -1.32. The summed E-state index contributed by atoms with van der Waals surface area (Å²) in [7, 11) is 2.07. The van der Waals surface area contributed by atoms with Gasteiger partial charge >= 0.3 is 0 Å². The van der Waals surface area contributed by atoms with E-state index in [2.05, 4.69) is 41.1 Å². The minimum atomic E-state index is 0.627. The van der Waals surface area contributed by atoms with Crippen LogP contribution < -0.4 is 10.2 Å². The highest BCUT2D eigenvalue weighted by atomic mass is 15.2. The van der Waals surface area contributed by atoms with E-state index < -0.39 is 0 Å². The van der Waals surface area contributed by atoms with E-state index in [0.717, 1.165) is 24.5 Å². The van der Waals surface area contributed by atoms with Crippen LogP contribution in [0.5, 0.6) is 0 Å². The minimum absolute atomic E-state index is 0.627. The Bertz CT molecular complexity index is 336. The van der Waals surface area contributed by atoms with Crippen molar-refractivity contribution in [3.63, 3.8) is 0 Å². The molecule has 4 nitrogen and oxygen atoms in total. The first-order valence-electron chi connectivity index (χ1n) is 5.83. The van der Waals surface area contributed by atoms with Gasteiger partial charge in [-0.2, -0.15) is 4.98 Å². The third-order valence-corrected chi connectivity index (χ3v) is 2.28. The fourth-order valence-corrected chi connectivity index (χ4v) is 1.70. The van der Waals surface area contributed by atoms with Crippen LogP contribution >= 0.6 is 0 Å². The lowest BCUT2D eigenvalue weighted by Crippen LogP contribution is -2.24. The number of hydrogen-bond donors (Lipinski definition) is 1. The van der Waals surface area contributed by atoms with Gasteiger partial charge in [-0.25, -0.2) is 4.98 Å². The van der Waals surface area contributed by atoms with Crippen LogP contribution in [0, 0.1) is 12.8 Å². The first-order valence-corrected chi connectivity index (χ1v) is 5.83. The fraction of sp³-hybridized carbons (Fsp3) is 0.667. The SMILES string of the molecule is CCNc1ncc(C)c(N(C)CC(C)C)n1. The van der Waals surface area contributed by atoms with Crippen LogP contribution in [-0.2, 0) is 0 Å². The maximum absolute atomic E-state index is 4.52. The Balaban J connectivity index is 2.88. The highest BCUT2D eigenvalue weighted by Gasteiger charge is 2.09. The highest BCUT2D eigenvalue weighted by Crippen LogP contribution is 2.17. The first-order chi connectivity index (χ1) is 7.54. The smallest absolute Gasteiger partial charge is 0.224 e. The van der Waals surface area contributed by atoms with Crippen molar-refractivity contribution in [2.45, 2.75) is 27.7 Å². The summed E-state index contributed by atoms with van der Waals surface area (Å²) in [6.07, 6.45) is 1.87. The van der Waals surface area contributed by atoms with Gasteiger partial charge in [0.1, 0.15) is 5.82 Å². The van der Waals surface area contributed by atoms with Crippen molar-refractivity contribution in [3.05, 3.63) is 11.8 Å². The standard InChI is InChI=1S/C12H22N4/c1-6-13-12-14-7-10(4)11(15-12)16(5)8-9(2)3/h7,9H,6,8H2,1-5H3,(H,13,14,15). The number of anilines is 2. The number of rotatable bonds is 5. The van der Waals surface area contributed by atoms with Gasteiger partial charge in [-0.3, -0.25) is 0 Å². The summed E-state index contributed by atoms with van der Waals surface area (Å²) in [6.45, 7) is 10.3. The van der Waals surface area contributed by atoms with Gasteiger partial charge in [-0.05, 0) is 19.8 Å². The predicted octanol–water partition coefficient (Wildman–Crippen LogP) is 2.31. The van der Waals surface area contributed by atoms with Gasteiger partial charge < -0.3 is 10.2 Å². The second-order valence-corrected chi connectivity index (χ2v) is 4.50. The summed E-state index contributed by atoms with van der Waals surface area (Å²) in [5.74, 6) is 2.35. The molecular weight excluding hydrogens is 200 g/mol. The molecule has 0 aliphatic carbocycles. The third kappa shape index (κ3) is 3.36. The summed E-state index contributed by atoms with van der Waals surface area (Å²) in [5.41, 5.74) is 1.12. The van der Waals surface area contributed by atoms with Gasteiger partial charge in [0.2, 0.25) is 5.95 Å². The molecule has 1 aromatic rings. The summed E-state index contributed by atoms with van der Waals surface area (Å²) in [6, 6.07) is 0. The molecule has 0 aromatic carbocycles. The number of hydrogen-bond acceptors (Lipinski definition) is 4. The van der Waals surface area contributed by atoms with Crippen LogP contribution in [0.25, 0.3) is 0 Å². The molecule has 0 saturated heterocycles. The van der Waals surface area contributed by atoms with Crippen LogP contribution in [0.2, 0.25) is 0 Å². The van der Waals surface area contributed by atoms with Gasteiger partial charge in [0.25, 0.3) is 0 Å². The lowest BCUT2D eigenvalue weighted by molar-refractivity contribution is 0.633. The molecule has 0 aliphatic rings. The molecule has 0 unspecified atom stereocenters. The molecule has 90 valence electrons. The van der Waals surface area contributed by atoms with E-state index in [9.17, 15) is 0 Å².